The quantitative estimate of drug-likeness (QED) is 0.692. The Morgan fingerprint density at radius 2 is 1.81 bits per heavy atom. The average molecular weight is 365 g/mol. The largest absolute Gasteiger partial charge is 0.437 e. The predicted molar refractivity (Wildman–Crippen MR) is 99.2 cm³/mol. The lowest BCUT2D eigenvalue weighted by atomic mass is 10.2. The molecule has 0 spiro atoms. The van der Waals surface area contributed by atoms with Crippen LogP contribution in [0, 0.1) is 0 Å². The Balaban J connectivity index is 1.39. The summed E-state index contributed by atoms with van der Waals surface area (Å²) >= 11 is 0. The van der Waals surface area contributed by atoms with Gasteiger partial charge in [0.15, 0.2) is 0 Å². The highest BCUT2D eigenvalue weighted by molar-refractivity contribution is 5.76. The minimum Gasteiger partial charge on any atom is -0.388 e. The van der Waals surface area contributed by atoms with E-state index in [9.17, 15) is 9.59 Å². The van der Waals surface area contributed by atoms with Crippen molar-refractivity contribution >= 4 is 11.6 Å². The maximum atomic E-state index is 12.6. The zero-order valence-electron chi connectivity index (χ0n) is 14.7. The molecule has 0 atom stereocenters. The number of rotatable bonds is 4. The third-order valence-corrected chi connectivity index (χ3v) is 4.55. The van der Waals surface area contributed by atoms with Gasteiger partial charge >= 0.3 is 5.76 Å². The fourth-order valence-corrected chi connectivity index (χ4v) is 3.09. The fourth-order valence-electron chi connectivity index (χ4n) is 3.09. The molecule has 138 valence electrons. The van der Waals surface area contributed by atoms with Crippen LogP contribution in [0.5, 0.6) is 0 Å². The van der Waals surface area contributed by atoms with Crippen molar-refractivity contribution in [1.29, 1.82) is 0 Å². The molecule has 0 bridgehead atoms. The van der Waals surface area contributed by atoms with Crippen molar-refractivity contribution in [1.82, 2.24) is 19.7 Å². The van der Waals surface area contributed by atoms with Gasteiger partial charge in [0.25, 0.3) is 5.89 Å². The van der Waals surface area contributed by atoms with E-state index in [-0.39, 0.29) is 18.3 Å². The molecular weight excluding hydrogens is 346 g/mol. The molecule has 0 saturated carbocycles. The van der Waals surface area contributed by atoms with E-state index in [0.29, 0.717) is 18.7 Å². The summed E-state index contributed by atoms with van der Waals surface area (Å²) in [6, 6.07) is 13.6. The normalized spacial score (nSPS) is 14.4. The molecule has 3 aromatic rings. The van der Waals surface area contributed by atoms with Gasteiger partial charge < -0.3 is 14.2 Å². The molecule has 27 heavy (non-hydrogen) atoms. The van der Waals surface area contributed by atoms with Crippen LogP contribution in [0.4, 0.5) is 5.69 Å². The SMILES string of the molecule is O=C(Cn1nc(-c2cccnc2)oc1=O)N1CCN(c2ccccc2)CC1. The summed E-state index contributed by atoms with van der Waals surface area (Å²) in [5.74, 6) is -0.629. The number of benzene rings is 1. The Hall–Kier alpha value is -3.42. The Bertz CT molecular complexity index is 960. The van der Waals surface area contributed by atoms with Gasteiger partial charge in [-0.2, -0.15) is 4.68 Å². The summed E-state index contributed by atoms with van der Waals surface area (Å²) in [4.78, 5) is 32.5. The highest BCUT2D eigenvalue weighted by Crippen LogP contribution is 2.16. The van der Waals surface area contributed by atoms with Gasteiger partial charge in [0.05, 0.1) is 5.56 Å². The van der Waals surface area contributed by atoms with Crippen molar-refractivity contribution in [2.75, 3.05) is 31.1 Å². The number of hydrogen-bond donors (Lipinski definition) is 0. The molecule has 2 aromatic heterocycles. The molecule has 8 nitrogen and oxygen atoms in total. The standard InChI is InChI=1S/C19H19N5O3/c25-17(23-11-9-22(10-12-23)16-6-2-1-3-7-16)14-24-19(26)27-18(21-24)15-5-4-8-20-13-15/h1-8,13H,9-12,14H2. The van der Waals surface area contributed by atoms with Crippen LogP contribution < -0.4 is 10.7 Å². The number of carbonyl (C=O) groups is 1. The summed E-state index contributed by atoms with van der Waals surface area (Å²) in [7, 11) is 0. The Morgan fingerprint density at radius 3 is 2.52 bits per heavy atom. The fraction of sp³-hybridized carbons (Fsp3) is 0.263. The number of anilines is 1. The number of amides is 1. The van der Waals surface area contributed by atoms with E-state index >= 15 is 0 Å². The minimum atomic E-state index is -0.648. The van der Waals surface area contributed by atoms with E-state index in [2.05, 4.69) is 27.1 Å². The highest BCUT2D eigenvalue weighted by Gasteiger charge is 2.23. The number of carbonyl (C=O) groups excluding carboxylic acids is 1. The summed E-state index contributed by atoms with van der Waals surface area (Å²) < 4.78 is 6.20. The monoisotopic (exact) mass is 365 g/mol. The number of hydrogen-bond acceptors (Lipinski definition) is 6. The average Bonchev–Trinajstić information content (AvgIpc) is 3.10. The third kappa shape index (κ3) is 3.74. The molecule has 0 N–H and O–H groups in total. The summed E-state index contributed by atoms with van der Waals surface area (Å²) in [5, 5.41) is 4.12. The van der Waals surface area contributed by atoms with Gasteiger partial charge in [0.2, 0.25) is 5.91 Å². The molecule has 1 aliphatic rings. The van der Waals surface area contributed by atoms with Crippen molar-refractivity contribution in [2.24, 2.45) is 0 Å². The van der Waals surface area contributed by atoms with E-state index in [4.69, 9.17) is 4.42 Å². The van der Waals surface area contributed by atoms with Gasteiger partial charge in [-0.25, -0.2) is 4.79 Å². The summed E-state index contributed by atoms with van der Waals surface area (Å²) in [6.45, 7) is 2.59. The molecule has 0 unspecified atom stereocenters. The van der Waals surface area contributed by atoms with Gasteiger partial charge in [-0.3, -0.25) is 9.78 Å². The molecule has 1 aliphatic heterocycles. The molecular formula is C19H19N5O3. The van der Waals surface area contributed by atoms with Crippen LogP contribution in [0.2, 0.25) is 0 Å². The van der Waals surface area contributed by atoms with E-state index in [1.807, 2.05) is 18.2 Å². The Labute approximate surface area is 155 Å². The lowest BCUT2D eigenvalue weighted by Gasteiger charge is -2.36. The second-order valence-corrected chi connectivity index (χ2v) is 6.28. The molecule has 1 saturated heterocycles. The van der Waals surface area contributed by atoms with E-state index in [1.165, 1.54) is 0 Å². The Kier molecular flexibility index (Phi) is 4.69. The van der Waals surface area contributed by atoms with Crippen molar-refractivity contribution in [3.63, 3.8) is 0 Å². The molecule has 3 heterocycles. The van der Waals surface area contributed by atoms with Gasteiger partial charge in [0.1, 0.15) is 6.54 Å². The molecule has 1 amide bonds. The van der Waals surface area contributed by atoms with Crippen LogP contribution in [0.1, 0.15) is 0 Å². The van der Waals surface area contributed by atoms with E-state index in [1.54, 1.807) is 29.4 Å². The van der Waals surface area contributed by atoms with Gasteiger partial charge in [-0.15, -0.1) is 5.10 Å². The smallest absolute Gasteiger partial charge is 0.388 e. The number of piperazine rings is 1. The number of pyridine rings is 1. The van der Waals surface area contributed by atoms with Gasteiger partial charge in [-0.05, 0) is 24.3 Å². The lowest BCUT2D eigenvalue weighted by Crippen LogP contribution is -2.50. The molecule has 0 radical (unpaired) electrons. The lowest BCUT2D eigenvalue weighted by molar-refractivity contribution is -0.132. The van der Waals surface area contributed by atoms with Crippen LogP contribution >= 0.6 is 0 Å². The molecule has 0 aliphatic carbocycles. The van der Waals surface area contributed by atoms with Crippen LogP contribution in [0.3, 0.4) is 0 Å². The molecule has 8 heteroatoms. The van der Waals surface area contributed by atoms with Crippen molar-refractivity contribution in [3.05, 3.63) is 65.4 Å². The second-order valence-electron chi connectivity index (χ2n) is 6.28. The van der Waals surface area contributed by atoms with Crippen LogP contribution in [0.25, 0.3) is 11.5 Å². The van der Waals surface area contributed by atoms with Crippen molar-refractivity contribution in [3.8, 4) is 11.5 Å². The first kappa shape index (κ1) is 17.0. The maximum absolute atomic E-state index is 12.6. The first-order valence-electron chi connectivity index (χ1n) is 8.77. The molecule has 1 fully saturated rings. The van der Waals surface area contributed by atoms with Crippen molar-refractivity contribution in [2.45, 2.75) is 6.54 Å². The highest BCUT2D eigenvalue weighted by atomic mass is 16.4. The second kappa shape index (κ2) is 7.45. The Morgan fingerprint density at radius 1 is 1.04 bits per heavy atom. The first-order chi connectivity index (χ1) is 13.2. The van der Waals surface area contributed by atoms with Crippen LogP contribution in [-0.4, -0.2) is 51.8 Å². The van der Waals surface area contributed by atoms with Crippen LogP contribution in [0.15, 0.2) is 64.1 Å². The number of para-hydroxylation sites is 1. The number of nitrogens with zero attached hydrogens (tertiary/aromatic N) is 5. The summed E-state index contributed by atoms with van der Waals surface area (Å²) in [6.07, 6.45) is 3.18. The first-order valence-corrected chi connectivity index (χ1v) is 8.77. The predicted octanol–water partition coefficient (Wildman–Crippen LogP) is 1.25. The molecule has 1 aromatic carbocycles. The minimum absolute atomic E-state index is 0.131. The topological polar surface area (TPSA) is 84.5 Å². The van der Waals surface area contributed by atoms with Crippen molar-refractivity contribution < 1.29 is 9.21 Å². The third-order valence-electron chi connectivity index (χ3n) is 4.55. The zero-order chi connectivity index (χ0) is 18.6. The maximum Gasteiger partial charge on any atom is 0.437 e. The van der Waals surface area contributed by atoms with Gasteiger partial charge in [0, 0.05) is 44.3 Å². The summed E-state index contributed by atoms with van der Waals surface area (Å²) in [5.41, 5.74) is 1.75. The van der Waals surface area contributed by atoms with E-state index in [0.717, 1.165) is 23.5 Å². The van der Waals surface area contributed by atoms with Crippen LogP contribution in [-0.2, 0) is 11.3 Å². The molecule has 4 rings (SSSR count). The zero-order valence-corrected chi connectivity index (χ0v) is 14.7. The van der Waals surface area contributed by atoms with Gasteiger partial charge in [-0.1, -0.05) is 18.2 Å². The van der Waals surface area contributed by atoms with E-state index < -0.39 is 5.76 Å². The number of aromatic nitrogens is 3.